The first-order valence-corrected chi connectivity index (χ1v) is 4.46. The van der Waals surface area contributed by atoms with Crippen LogP contribution in [0.1, 0.15) is 20.3 Å². The van der Waals surface area contributed by atoms with E-state index >= 15 is 0 Å². The number of rotatable bonds is 8. The smallest absolute Gasteiger partial charge is 0.0633 e. The van der Waals surface area contributed by atoms with E-state index in [2.05, 4.69) is 5.43 Å². The third-order valence-electron chi connectivity index (χ3n) is 1.57. The fourth-order valence-electron chi connectivity index (χ4n) is 0.845. The highest BCUT2D eigenvalue weighted by Gasteiger charge is 2.04. The highest BCUT2D eigenvalue weighted by molar-refractivity contribution is 4.61. The van der Waals surface area contributed by atoms with Gasteiger partial charge in [0.15, 0.2) is 0 Å². The van der Waals surface area contributed by atoms with Crippen molar-refractivity contribution < 1.29 is 9.47 Å². The van der Waals surface area contributed by atoms with Crippen molar-refractivity contribution >= 4 is 0 Å². The fraction of sp³-hybridized carbons (Fsp3) is 1.00. The molecule has 0 radical (unpaired) electrons. The zero-order chi connectivity index (χ0) is 9.23. The summed E-state index contributed by atoms with van der Waals surface area (Å²) < 4.78 is 10.4. The molecule has 4 nitrogen and oxygen atoms in total. The normalized spacial score (nSPS) is 13.2. The van der Waals surface area contributed by atoms with Crippen LogP contribution < -0.4 is 11.3 Å². The second kappa shape index (κ2) is 8.93. The minimum atomic E-state index is 0.205. The standard InChI is InChI=1S/C8H20N2O2/c1-3-11-6-5-8(10-9)7-12-4-2/h8,10H,3-7,9H2,1-2H3. The Morgan fingerprint density at radius 2 is 1.92 bits per heavy atom. The zero-order valence-corrected chi connectivity index (χ0v) is 8.01. The van der Waals surface area contributed by atoms with Crippen molar-refractivity contribution in [3.05, 3.63) is 0 Å². The van der Waals surface area contributed by atoms with E-state index in [0.29, 0.717) is 6.61 Å². The van der Waals surface area contributed by atoms with Gasteiger partial charge in [-0.25, -0.2) is 0 Å². The van der Waals surface area contributed by atoms with Crippen LogP contribution in [0.15, 0.2) is 0 Å². The first kappa shape index (κ1) is 11.8. The molecule has 0 saturated heterocycles. The number of ether oxygens (including phenoxy) is 2. The Kier molecular flexibility index (Phi) is 8.81. The lowest BCUT2D eigenvalue weighted by molar-refractivity contribution is 0.0928. The molecule has 0 aliphatic carbocycles. The van der Waals surface area contributed by atoms with E-state index in [1.807, 2.05) is 13.8 Å². The summed E-state index contributed by atoms with van der Waals surface area (Å²) in [4.78, 5) is 0. The van der Waals surface area contributed by atoms with Gasteiger partial charge in [-0.15, -0.1) is 0 Å². The minimum Gasteiger partial charge on any atom is -0.382 e. The van der Waals surface area contributed by atoms with E-state index in [1.54, 1.807) is 0 Å². The van der Waals surface area contributed by atoms with Crippen LogP contribution >= 0.6 is 0 Å². The molecule has 0 aliphatic rings. The summed E-state index contributed by atoms with van der Waals surface area (Å²) in [6.45, 7) is 6.82. The predicted molar refractivity (Wildman–Crippen MR) is 48.7 cm³/mol. The number of nitrogens with one attached hydrogen (secondary N) is 1. The Bertz CT molecular complexity index is 91.1. The highest BCUT2D eigenvalue weighted by Crippen LogP contribution is 1.92. The summed E-state index contributed by atoms with van der Waals surface area (Å²) in [6, 6.07) is 0.205. The molecule has 12 heavy (non-hydrogen) atoms. The van der Waals surface area contributed by atoms with Crippen LogP contribution in [-0.4, -0.2) is 32.5 Å². The Morgan fingerprint density at radius 3 is 2.42 bits per heavy atom. The van der Waals surface area contributed by atoms with E-state index in [-0.39, 0.29) is 6.04 Å². The van der Waals surface area contributed by atoms with Gasteiger partial charge >= 0.3 is 0 Å². The number of nitrogens with two attached hydrogens (primary N) is 1. The van der Waals surface area contributed by atoms with E-state index in [4.69, 9.17) is 15.3 Å². The van der Waals surface area contributed by atoms with Crippen molar-refractivity contribution in [1.82, 2.24) is 5.43 Å². The molecule has 0 aromatic carbocycles. The summed E-state index contributed by atoms with van der Waals surface area (Å²) >= 11 is 0. The molecule has 1 unspecified atom stereocenters. The molecule has 0 aromatic rings. The SMILES string of the molecule is CCOCCC(COCC)NN. The number of hydrogen-bond donors (Lipinski definition) is 2. The van der Waals surface area contributed by atoms with Gasteiger partial charge in [0.05, 0.1) is 6.61 Å². The average Bonchev–Trinajstić information content (AvgIpc) is 2.11. The molecule has 1 atom stereocenters. The molecular weight excluding hydrogens is 156 g/mol. The fourth-order valence-corrected chi connectivity index (χ4v) is 0.845. The summed E-state index contributed by atoms with van der Waals surface area (Å²) in [5.41, 5.74) is 2.69. The van der Waals surface area contributed by atoms with Crippen molar-refractivity contribution in [3.8, 4) is 0 Å². The number of hydrogen-bond acceptors (Lipinski definition) is 4. The highest BCUT2D eigenvalue weighted by atomic mass is 16.5. The van der Waals surface area contributed by atoms with Gasteiger partial charge < -0.3 is 9.47 Å². The molecule has 0 amide bonds. The molecule has 0 bridgehead atoms. The van der Waals surface area contributed by atoms with E-state index in [0.717, 1.165) is 26.2 Å². The van der Waals surface area contributed by atoms with Gasteiger partial charge in [-0.3, -0.25) is 11.3 Å². The van der Waals surface area contributed by atoms with Crippen LogP contribution in [-0.2, 0) is 9.47 Å². The number of hydrazine groups is 1. The second-order valence-corrected chi connectivity index (χ2v) is 2.51. The molecule has 0 spiro atoms. The van der Waals surface area contributed by atoms with Gasteiger partial charge in [0.1, 0.15) is 0 Å². The van der Waals surface area contributed by atoms with Crippen LogP contribution in [0.4, 0.5) is 0 Å². The monoisotopic (exact) mass is 176 g/mol. The van der Waals surface area contributed by atoms with E-state index < -0.39 is 0 Å². The maximum atomic E-state index is 5.31. The third kappa shape index (κ3) is 6.54. The summed E-state index contributed by atoms with van der Waals surface area (Å²) in [5, 5.41) is 0. The molecule has 3 N–H and O–H groups in total. The topological polar surface area (TPSA) is 56.5 Å². The quantitative estimate of drug-likeness (QED) is 0.317. The Hall–Kier alpha value is -0.160. The zero-order valence-electron chi connectivity index (χ0n) is 8.01. The van der Waals surface area contributed by atoms with Crippen LogP contribution in [0.3, 0.4) is 0 Å². The van der Waals surface area contributed by atoms with Gasteiger partial charge in [0, 0.05) is 25.9 Å². The molecule has 0 aliphatic heterocycles. The Labute approximate surface area is 74.4 Å². The van der Waals surface area contributed by atoms with Gasteiger partial charge in [-0.2, -0.15) is 0 Å². The second-order valence-electron chi connectivity index (χ2n) is 2.51. The van der Waals surface area contributed by atoms with Crippen molar-refractivity contribution in [2.24, 2.45) is 5.84 Å². The van der Waals surface area contributed by atoms with Crippen LogP contribution in [0.25, 0.3) is 0 Å². The average molecular weight is 176 g/mol. The molecule has 0 saturated carbocycles. The van der Waals surface area contributed by atoms with Gasteiger partial charge in [0.2, 0.25) is 0 Å². The summed E-state index contributed by atoms with van der Waals surface area (Å²) in [5.74, 6) is 5.31. The predicted octanol–water partition coefficient (Wildman–Crippen LogP) is 0.281. The molecule has 4 heteroatoms. The van der Waals surface area contributed by atoms with E-state index in [9.17, 15) is 0 Å². The van der Waals surface area contributed by atoms with Crippen molar-refractivity contribution in [2.45, 2.75) is 26.3 Å². The first-order valence-electron chi connectivity index (χ1n) is 4.46. The maximum Gasteiger partial charge on any atom is 0.0633 e. The summed E-state index contributed by atoms with van der Waals surface area (Å²) in [6.07, 6.45) is 0.893. The molecule has 0 fully saturated rings. The van der Waals surface area contributed by atoms with Crippen LogP contribution in [0.2, 0.25) is 0 Å². The minimum absolute atomic E-state index is 0.205. The third-order valence-corrected chi connectivity index (χ3v) is 1.57. The first-order chi connectivity index (χ1) is 5.85. The largest absolute Gasteiger partial charge is 0.382 e. The van der Waals surface area contributed by atoms with Gasteiger partial charge in [-0.1, -0.05) is 0 Å². The molecule has 0 heterocycles. The molecule has 74 valence electrons. The van der Waals surface area contributed by atoms with E-state index in [1.165, 1.54) is 0 Å². The maximum absolute atomic E-state index is 5.31. The van der Waals surface area contributed by atoms with Crippen LogP contribution in [0.5, 0.6) is 0 Å². The van der Waals surface area contributed by atoms with Crippen molar-refractivity contribution in [1.29, 1.82) is 0 Å². The summed E-state index contributed by atoms with van der Waals surface area (Å²) in [7, 11) is 0. The van der Waals surface area contributed by atoms with Gasteiger partial charge in [0.25, 0.3) is 0 Å². The lowest BCUT2D eigenvalue weighted by Crippen LogP contribution is -2.39. The van der Waals surface area contributed by atoms with Crippen LogP contribution in [0, 0.1) is 0 Å². The Morgan fingerprint density at radius 1 is 1.25 bits per heavy atom. The van der Waals surface area contributed by atoms with Crippen molar-refractivity contribution in [2.75, 3.05) is 26.4 Å². The lowest BCUT2D eigenvalue weighted by Gasteiger charge is -2.14. The Balaban J connectivity index is 3.26. The molecule has 0 aromatic heterocycles. The van der Waals surface area contributed by atoms with Gasteiger partial charge in [-0.05, 0) is 20.3 Å². The molecule has 0 rings (SSSR count). The lowest BCUT2D eigenvalue weighted by atomic mass is 10.2. The van der Waals surface area contributed by atoms with Crippen molar-refractivity contribution in [3.63, 3.8) is 0 Å². The molecular formula is C8H20N2O2.